The van der Waals surface area contributed by atoms with Crippen LogP contribution in [0.4, 0.5) is 0 Å². The number of methoxy groups -OCH3 is 1. The molecule has 1 fully saturated rings. The highest BCUT2D eigenvalue weighted by molar-refractivity contribution is 7.12. The predicted molar refractivity (Wildman–Crippen MR) is 65.0 cm³/mol. The number of aromatic carboxylic acids is 1. The molecule has 17 heavy (non-hydrogen) atoms. The van der Waals surface area contributed by atoms with Gasteiger partial charge in [0, 0.05) is 13.5 Å². The zero-order chi connectivity index (χ0) is 12.3. The molecule has 2 unspecified atom stereocenters. The van der Waals surface area contributed by atoms with Gasteiger partial charge in [-0.2, -0.15) is 0 Å². The van der Waals surface area contributed by atoms with Crippen LogP contribution in [0.15, 0.2) is 11.4 Å². The fourth-order valence-corrected chi connectivity index (χ4v) is 2.81. The van der Waals surface area contributed by atoms with Crippen LogP contribution in [-0.4, -0.2) is 30.4 Å². The fourth-order valence-electron chi connectivity index (χ4n) is 2.15. The SMILES string of the molecule is COC1CCCC(Oc2ccsc2C(=O)O)C1. The minimum Gasteiger partial charge on any atom is -0.489 e. The lowest BCUT2D eigenvalue weighted by molar-refractivity contribution is 0.0206. The highest BCUT2D eigenvalue weighted by atomic mass is 32.1. The Balaban J connectivity index is 2.00. The summed E-state index contributed by atoms with van der Waals surface area (Å²) in [7, 11) is 1.71. The van der Waals surface area contributed by atoms with Crippen molar-refractivity contribution >= 4 is 17.3 Å². The molecule has 1 aromatic rings. The van der Waals surface area contributed by atoms with Crippen molar-refractivity contribution in [3.63, 3.8) is 0 Å². The molecule has 0 aromatic carbocycles. The Morgan fingerprint density at radius 1 is 1.47 bits per heavy atom. The molecular weight excluding hydrogens is 240 g/mol. The number of hydrogen-bond acceptors (Lipinski definition) is 4. The second kappa shape index (κ2) is 5.51. The first-order chi connectivity index (χ1) is 8.20. The van der Waals surface area contributed by atoms with Crippen LogP contribution in [0.2, 0.25) is 0 Å². The molecule has 0 aliphatic heterocycles. The second-order valence-electron chi connectivity index (χ2n) is 4.18. The molecule has 0 amide bonds. The van der Waals surface area contributed by atoms with Gasteiger partial charge in [-0.3, -0.25) is 0 Å². The van der Waals surface area contributed by atoms with Crippen LogP contribution in [0, 0.1) is 0 Å². The van der Waals surface area contributed by atoms with E-state index in [0.29, 0.717) is 5.75 Å². The van der Waals surface area contributed by atoms with E-state index in [1.54, 1.807) is 18.6 Å². The van der Waals surface area contributed by atoms with Gasteiger partial charge in [-0.15, -0.1) is 11.3 Å². The minimum atomic E-state index is -0.922. The lowest BCUT2D eigenvalue weighted by atomic mass is 9.95. The predicted octanol–water partition coefficient (Wildman–Crippen LogP) is 2.78. The summed E-state index contributed by atoms with van der Waals surface area (Å²) in [6, 6.07) is 1.73. The van der Waals surface area contributed by atoms with Gasteiger partial charge in [0.2, 0.25) is 0 Å². The Morgan fingerprint density at radius 3 is 2.94 bits per heavy atom. The summed E-state index contributed by atoms with van der Waals surface area (Å²) in [6.45, 7) is 0. The number of thiophene rings is 1. The highest BCUT2D eigenvalue weighted by Crippen LogP contribution is 2.30. The Bertz CT molecular complexity index is 388. The summed E-state index contributed by atoms with van der Waals surface area (Å²) in [5.74, 6) is -0.432. The van der Waals surface area contributed by atoms with Gasteiger partial charge in [0.25, 0.3) is 0 Å². The van der Waals surface area contributed by atoms with E-state index in [4.69, 9.17) is 14.6 Å². The molecule has 1 saturated carbocycles. The standard InChI is InChI=1S/C12H16O4S/c1-15-8-3-2-4-9(7-8)16-10-5-6-17-11(10)12(13)14/h5-6,8-9H,2-4,7H2,1H3,(H,13,14). The number of rotatable bonds is 4. The Morgan fingerprint density at radius 2 is 2.24 bits per heavy atom. The average Bonchev–Trinajstić information content (AvgIpc) is 2.77. The van der Waals surface area contributed by atoms with Crippen LogP contribution in [-0.2, 0) is 4.74 Å². The van der Waals surface area contributed by atoms with E-state index < -0.39 is 5.97 Å². The van der Waals surface area contributed by atoms with Crippen molar-refractivity contribution in [1.29, 1.82) is 0 Å². The van der Waals surface area contributed by atoms with Gasteiger partial charge in [0.05, 0.1) is 6.10 Å². The molecule has 0 saturated heterocycles. The molecule has 1 N–H and O–H groups in total. The molecular formula is C12H16O4S. The van der Waals surface area contributed by atoms with Crippen molar-refractivity contribution in [2.24, 2.45) is 0 Å². The van der Waals surface area contributed by atoms with Gasteiger partial charge >= 0.3 is 5.97 Å². The van der Waals surface area contributed by atoms with E-state index in [1.807, 2.05) is 0 Å². The third kappa shape index (κ3) is 2.98. The van der Waals surface area contributed by atoms with Crippen LogP contribution in [0.25, 0.3) is 0 Å². The lowest BCUT2D eigenvalue weighted by Gasteiger charge is -2.28. The molecule has 4 nitrogen and oxygen atoms in total. The van der Waals surface area contributed by atoms with E-state index in [-0.39, 0.29) is 17.1 Å². The van der Waals surface area contributed by atoms with E-state index in [9.17, 15) is 4.79 Å². The van der Waals surface area contributed by atoms with Gasteiger partial charge < -0.3 is 14.6 Å². The lowest BCUT2D eigenvalue weighted by Crippen LogP contribution is -2.29. The zero-order valence-corrected chi connectivity index (χ0v) is 10.5. The van der Waals surface area contributed by atoms with Crippen LogP contribution in [0.3, 0.4) is 0 Å². The third-order valence-corrected chi connectivity index (χ3v) is 3.91. The normalized spacial score (nSPS) is 24.5. The highest BCUT2D eigenvalue weighted by Gasteiger charge is 2.25. The van der Waals surface area contributed by atoms with Crippen LogP contribution < -0.4 is 4.74 Å². The van der Waals surface area contributed by atoms with Crippen molar-refractivity contribution in [1.82, 2.24) is 0 Å². The number of carboxylic acid groups (broad SMARTS) is 1. The maximum Gasteiger partial charge on any atom is 0.349 e. The molecule has 1 aliphatic carbocycles. The largest absolute Gasteiger partial charge is 0.489 e. The first-order valence-corrected chi connectivity index (χ1v) is 6.59. The molecule has 1 aromatic heterocycles. The maximum absolute atomic E-state index is 11.0. The van der Waals surface area contributed by atoms with Gasteiger partial charge in [0.15, 0.2) is 4.88 Å². The quantitative estimate of drug-likeness (QED) is 0.900. The Labute approximate surface area is 104 Å². The van der Waals surface area contributed by atoms with Crippen molar-refractivity contribution in [2.75, 3.05) is 7.11 Å². The number of carboxylic acids is 1. The van der Waals surface area contributed by atoms with Gasteiger partial charge in [-0.25, -0.2) is 4.79 Å². The zero-order valence-electron chi connectivity index (χ0n) is 9.72. The smallest absolute Gasteiger partial charge is 0.349 e. The molecule has 0 spiro atoms. The van der Waals surface area contributed by atoms with E-state index in [0.717, 1.165) is 25.7 Å². The van der Waals surface area contributed by atoms with Crippen molar-refractivity contribution in [2.45, 2.75) is 37.9 Å². The number of hydrogen-bond donors (Lipinski definition) is 1. The molecule has 0 bridgehead atoms. The fraction of sp³-hybridized carbons (Fsp3) is 0.583. The second-order valence-corrected chi connectivity index (χ2v) is 5.10. The van der Waals surface area contributed by atoms with Gasteiger partial charge in [-0.1, -0.05) is 0 Å². The Hall–Kier alpha value is -1.07. The summed E-state index contributed by atoms with van der Waals surface area (Å²) in [4.78, 5) is 11.2. The molecule has 1 heterocycles. The Kier molecular flexibility index (Phi) is 4.02. The number of carbonyl (C=O) groups is 1. The van der Waals surface area contributed by atoms with E-state index in [1.165, 1.54) is 11.3 Å². The van der Waals surface area contributed by atoms with Gasteiger partial charge in [0.1, 0.15) is 11.9 Å². The monoisotopic (exact) mass is 256 g/mol. The summed E-state index contributed by atoms with van der Waals surface area (Å²) in [5.41, 5.74) is 0. The molecule has 5 heteroatoms. The van der Waals surface area contributed by atoms with Crippen molar-refractivity contribution in [3.8, 4) is 5.75 Å². The van der Waals surface area contributed by atoms with E-state index >= 15 is 0 Å². The van der Waals surface area contributed by atoms with Crippen molar-refractivity contribution < 1.29 is 19.4 Å². The minimum absolute atomic E-state index is 0.0707. The summed E-state index contributed by atoms with van der Waals surface area (Å²) in [5, 5.41) is 10.7. The molecule has 94 valence electrons. The topological polar surface area (TPSA) is 55.8 Å². The first kappa shape index (κ1) is 12.4. The maximum atomic E-state index is 11.0. The van der Waals surface area contributed by atoms with Gasteiger partial charge in [-0.05, 0) is 30.7 Å². The average molecular weight is 256 g/mol. The summed E-state index contributed by atoms with van der Waals surface area (Å²) >= 11 is 1.20. The van der Waals surface area contributed by atoms with Crippen LogP contribution >= 0.6 is 11.3 Å². The molecule has 2 atom stereocenters. The van der Waals surface area contributed by atoms with Crippen LogP contribution in [0.5, 0.6) is 5.75 Å². The summed E-state index contributed by atoms with van der Waals surface area (Å²) in [6.07, 6.45) is 4.24. The molecule has 1 aliphatic rings. The van der Waals surface area contributed by atoms with Crippen LogP contribution in [0.1, 0.15) is 35.4 Å². The van der Waals surface area contributed by atoms with E-state index in [2.05, 4.69) is 0 Å². The summed E-state index contributed by atoms with van der Waals surface area (Å²) < 4.78 is 11.1. The molecule has 2 rings (SSSR count). The van der Waals surface area contributed by atoms with Crippen molar-refractivity contribution in [3.05, 3.63) is 16.3 Å². The molecule has 0 radical (unpaired) electrons. The first-order valence-electron chi connectivity index (χ1n) is 5.71. The third-order valence-electron chi connectivity index (χ3n) is 3.03. The number of ether oxygens (including phenoxy) is 2.